The van der Waals surface area contributed by atoms with Crippen molar-refractivity contribution in [3.8, 4) is 11.3 Å². The van der Waals surface area contributed by atoms with Gasteiger partial charge in [-0.3, -0.25) is 25.1 Å². The summed E-state index contributed by atoms with van der Waals surface area (Å²) in [5.74, 6) is 3.27. The molecule has 0 atom stereocenters. The molecule has 12 rings (SSSR count). The Hall–Kier alpha value is -8.16. The van der Waals surface area contributed by atoms with Crippen LogP contribution in [0.5, 0.6) is 0 Å². The highest BCUT2D eigenvalue weighted by Crippen LogP contribution is 2.32. The van der Waals surface area contributed by atoms with E-state index < -0.39 is 0 Å². The first-order chi connectivity index (χ1) is 40.0. The average Bonchev–Trinajstić information content (AvgIpc) is 4.48. The number of carbonyl (C=O) groups excluding carboxylic acids is 6. The number of aryl methyl sites for hydroxylation is 3. The van der Waals surface area contributed by atoms with Gasteiger partial charge in [0.15, 0.2) is 0 Å². The number of hydrogen-bond donors (Lipinski definition) is 2. The molecule has 4 aromatic carbocycles. The predicted octanol–water partition coefficient (Wildman–Crippen LogP) is 13.5. The third kappa shape index (κ3) is 19.8. The van der Waals surface area contributed by atoms with Crippen LogP contribution in [0.25, 0.3) is 44.4 Å². The average molecular weight is 1120 g/mol. The van der Waals surface area contributed by atoms with E-state index in [0.29, 0.717) is 0 Å². The second-order valence-corrected chi connectivity index (χ2v) is 22.2. The molecule has 18 nitrogen and oxygen atoms in total. The summed E-state index contributed by atoms with van der Waals surface area (Å²) in [5.41, 5.74) is 12.3. The molecule has 0 radical (unpaired) electrons. The molecule has 4 aliphatic rings. The Labute approximate surface area is 478 Å². The lowest BCUT2D eigenvalue weighted by molar-refractivity contribution is -0.385. The summed E-state index contributed by atoms with van der Waals surface area (Å²) in [5, 5.41) is 16.5. The van der Waals surface area contributed by atoms with Gasteiger partial charge in [0.05, 0.1) is 62.7 Å². The predicted molar refractivity (Wildman–Crippen MR) is 312 cm³/mol. The van der Waals surface area contributed by atoms with Gasteiger partial charge in [-0.15, -0.1) is 0 Å². The fourth-order valence-electron chi connectivity index (χ4n) is 12.2. The summed E-state index contributed by atoms with van der Waals surface area (Å²) < 4.78 is 6.93. The number of H-pyrrole nitrogens is 2. The molecule has 0 spiro atoms. The number of aromatic nitrogens is 8. The van der Waals surface area contributed by atoms with E-state index in [2.05, 4.69) is 94.3 Å². The third-order valence-electron chi connectivity index (χ3n) is 16.3. The van der Waals surface area contributed by atoms with Crippen molar-refractivity contribution in [1.29, 1.82) is 0 Å². The van der Waals surface area contributed by atoms with Crippen LogP contribution in [-0.4, -0.2) is 62.2 Å². The topological polar surface area (TPSA) is 248 Å². The Balaban J connectivity index is 0.000000168. The van der Waals surface area contributed by atoms with Crippen LogP contribution in [0.3, 0.4) is 0 Å². The van der Waals surface area contributed by atoms with E-state index in [4.69, 9.17) is 28.8 Å². The smallest absolute Gasteiger partial charge is 0.330 e. The number of benzene rings is 4. The second-order valence-electron chi connectivity index (χ2n) is 22.2. The van der Waals surface area contributed by atoms with Crippen LogP contribution < -0.4 is 5.56 Å². The number of aromatic amines is 2. The van der Waals surface area contributed by atoms with Gasteiger partial charge in [-0.1, -0.05) is 126 Å². The maximum absolute atomic E-state index is 11.3. The van der Waals surface area contributed by atoms with Crippen molar-refractivity contribution in [2.75, 3.05) is 0 Å². The molecule has 4 aromatic heterocycles. The van der Waals surface area contributed by atoms with Crippen molar-refractivity contribution in [1.82, 2.24) is 38.9 Å². The standard InChI is InChI=1S/C17H20N4O.C15H20N2.C15H21NO2.C14H18N2.3CO2/c22-17-9-15(19-20-17)13-6-7-14-16(8-13)21(11-18-14)10-12-4-2-1-3-5-12;1-12-7-8-14-15(9-12)17(11-16-14)10-13-5-3-2-4-6-13;1-12-7-10-15(16(17)18)14(11-12)9-8-13-5-3-2-4-6-13;1-2-6-12(7-3-1)10-16-11-15-13-8-4-5-9-14(13)16;3*2-1-3/h6-9,11-12H,1-5,10H2,(H2,19,20,22);7-9,11,13H,2-6,10H2,1H3;7,10-11,13H,2-6,8-9H2,1H3;4-5,8-9,11-12H,1-3,6-7,10H2;;;. The maximum Gasteiger partial charge on any atom is 0.373 e. The van der Waals surface area contributed by atoms with Crippen molar-refractivity contribution in [2.24, 2.45) is 23.7 Å². The van der Waals surface area contributed by atoms with Gasteiger partial charge in [0.2, 0.25) is 0 Å². The Morgan fingerprint density at radius 3 is 1.39 bits per heavy atom. The minimum atomic E-state index is -0.254. The monoisotopic (exact) mass is 1120 g/mol. The van der Waals surface area contributed by atoms with Gasteiger partial charge in [-0.05, 0) is 137 Å². The van der Waals surface area contributed by atoms with Gasteiger partial charge >= 0.3 is 18.5 Å². The molecule has 0 amide bonds. The lowest BCUT2D eigenvalue weighted by Crippen LogP contribution is -2.13. The van der Waals surface area contributed by atoms with Crippen LogP contribution in [0, 0.1) is 47.6 Å². The van der Waals surface area contributed by atoms with Crippen LogP contribution in [-0.2, 0) is 54.8 Å². The summed E-state index contributed by atoms with van der Waals surface area (Å²) in [6, 6.07) is 28.1. The number of hydrogen-bond acceptors (Lipinski definition) is 12. The third-order valence-corrected chi connectivity index (χ3v) is 16.3. The summed E-state index contributed by atoms with van der Waals surface area (Å²) in [6.07, 6.45) is 36.1. The van der Waals surface area contributed by atoms with E-state index in [1.54, 1.807) is 12.1 Å². The molecule has 0 unspecified atom stereocenters. The van der Waals surface area contributed by atoms with Crippen LogP contribution in [0.2, 0.25) is 0 Å². The van der Waals surface area contributed by atoms with Crippen molar-refractivity contribution >= 4 is 57.2 Å². The lowest BCUT2D eigenvalue weighted by Gasteiger charge is -2.22. The molecule has 0 saturated heterocycles. The van der Waals surface area contributed by atoms with E-state index in [-0.39, 0.29) is 34.6 Å². The van der Waals surface area contributed by atoms with Gasteiger partial charge in [-0.2, -0.15) is 28.8 Å². The van der Waals surface area contributed by atoms with Crippen molar-refractivity contribution < 1.29 is 33.7 Å². The van der Waals surface area contributed by atoms with Crippen LogP contribution in [0.1, 0.15) is 152 Å². The van der Waals surface area contributed by atoms with Gasteiger partial charge in [0.25, 0.3) is 11.2 Å². The fraction of sp³-hybridized carbons (Fsp3) is 0.484. The fourth-order valence-corrected chi connectivity index (χ4v) is 12.2. The normalized spacial score (nSPS) is 15.5. The summed E-state index contributed by atoms with van der Waals surface area (Å²) in [4.78, 5) is 84.2. The maximum atomic E-state index is 11.3. The largest absolute Gasteiger partial charge is 0.373 e. The van der Waals surface area contributed by atoms with Gasteiger partial charge in [-0.25, -0.2) is 15.0 Å². The zero-order chi connectivity index (χ0) is 58.5. The lowest BCUT2D eigenvalue weighted by atomic mass is 9.85. The summed E-state index contributed by atoms with van der Waals surface area (Å²) in [6.45, 7) is 7.50. The molecule has 4 saturated carbocycles. The highest BCUT2D eigenvalue weighted by atomic mass is 16.6. The molecule has 0 aliphatic heterocycles. The van der Waals surface area contributed by atoms with Gasteiger partial charge in [0.1, 0.15) is 0 Å². The first-order valence-corrected chi connectivity index (χ1v) is 29.2. The molecular weight excluding hydrogens is 1040 g/mol. The zero-order valence-electron chi connectivity index (χ0n) is 47.6. The first kappa shape index (κ1) is 63.0. The SMILES string of the molecule is Cc1ccc([N+](=O)[O-])c(CCC2CCCCC2)c1.Cc1ccc2ncn(CC3CCCCC3)c2c1.O=C=O.O=C=O.O=C=O.O=c1cc(-c2ccc3ncn(CC4CCCCC4)c3c2)[nH][nH]1.c1ccc2c(c1)ncn2CC1CCCCC1. The van der Waals surface area contributed by atoms with Crippen LogP contribution in [0.4, 0.5) is 5.69 Å². The molecule has 4 heterocycles. The Morgan fingerprint density at radius 2 is 0.915 bits per heavy atom. The molecule has 2 N–H and O–H groups in total. The molecule has 4 fully saturated rings. The number of fused-ring (bicyclic) bond motifs is 3. The number of nitro groups is 1. The number of para-hydroxylation sites is 2. The number of nitro benzene ring substituents is 1. The molecule has 434 valence electrons. The number of nitrogens with one attached hydrogen (secondary N) is 2. The zero-order valence-corrected chi connectivity index (χ0v) is 47.6. The Kier molecular flexibility index (Phi) is 26.3. The minimum Gasteiger partial charge on any atom is -0.330 e. The summed E-state index contributed by atoms with van der Waals surface area (Å²) in [7, 11) is 0. The summed E-state index contributed by atoms with van der Waals surface area (Å²) >= 11 is 0. The molecule has 18 heteroatoms. The van der Waals surface area contributed by atoms with Gasteiger partial charge in [0, 0.05) is 42.9 Å². The molecule has 4 aliphatic carbocycles. The van der Waals surface area contributed by atoms with E-state index >= 15 is 0 Å². The highest BCUT2D eigenvalue weighted by Gasteiger charge is 2.20. The number of imidazole rings is 3. The van der Waals surface area contributed by atoms with E-state index in [9.17, 15) is 14.9 Å². The second kappa shape index (κ2) is 34.2. The van der Waals surface area contributed by atoms with Crippen molar-refractivity contribution in [2.45, 2.75) is 175 Å². The van der Waals surface area contributed by atoms with Crippen LogP contribution in [0.15, 0.2) is 109 Å². The highest BCUT2D eigenvalue weighted by molar-refractivity contribution is 5.81. The van der Waals surface area contributed by atoms with Crippen LogP contribution >= 0.6 is 0 Å². The Bertz CT molecular complexity index is 3340. The van der Waals surface area contributed by atoms with Gasteiger partial charge < -0.3 is 13.7 Å². The van der Waals surface area contributed by atoms with Crippen molar-refractivity contribution in [3.05, 3.63) is 141 Å². The number of rotatable bonds is 11. The quantitative estimate of drug-likeness (QED) is 0.0907. The molecular formula is C64H79N9O9. The molecule has 8 aromatic rings. The Morgan fingerprint density at radius 1 is 0.500 bits per heavy atom. The van der Waals surface area contributed by atoms with E-state index in [1.165, 1.54) is 145 Å². The number of nitrogens with zero attached hydrogens (tertiary/aromatic N) is 7. The van der Waals surface area contributed by atoms with Crippen molar-refractivity contribution in [3.63, 3.8) is 0 Å². The minimum absolute atomic E-state index is 0.106. The molecule has 0 bridgehead atoms. The van der Waals surface area contributed by atoms with E-state index in [0.717, 1.165) is 101 Å². The van der Waals surface area contributed by atoms with E-state index in [1.807, 2.05) is 50.2 Å². The molecule has 82 heavy (non-hydrogen) atoms. The first-order valence-electron chi connectivity index (χ1n) is 29.2.